The van der Waals surface area contributed by atoms with Gasteiger partial charge in [-0.1, -0.05) is 39.7 Å². The Morgan fingerprint density at radius 1 is 1.44 bits per heavy atom. The predicted octanol–water partition coefficient (Wildman–Crippen LogP) is 4.12. The molecule has 0 spiro atoms. The van der Waals surface area contributed by atoms with E-state index < -0.39 is 0 Å². The standard InChI is InChI=1S/C13H15BrClN/c14-12-5-6-13(15)11(8-12)4-3-10-2-1-7-16-9-10/h3-6,8,10,16H,1-2,7,9H2/b4-3+. The number of halogens is 2. The molecule has 3 heteroatoms. The zero-order chi connectivity index (χ0) is 11.4. The minimum absolute atomic E-state index is 0.642. The smallest absolute Gasteiger partial charge is 0.0479 e. The van der Waals surface area contributed by atoms with E-state index in [1.165, 1.54) is 12.8 Å². The summed E-state index contributed by atoms with van der Waals surface area (Å²) in [5, 5.41) is 4.21. The third kappa shape index (κ3) is 3.34. The second-order valence-electron chi connectivity index (χ2n) is 4.13. The van der Waals surface area contributed by atoms with Crippen molar-refractivity contribution in [3.63, 3.8) is 0 Å². The first-order valence-electron chi connectivity index (χ1n) is 5.59. The molecule has 1 aromatic rings. The summed E-state index contributed by atoms with van der Waals surface area (Å²) in [6.45, 7) is 2.24. The van der Waals surface area contributed by atoms with Crippen LogP contribution in [0.3, 0.4) is 0 Å². The van der Waals surface area contributed by atoms with Crippen molar-refractivity contribution >= 4 is 33.6 Å². The molecule has 2 rings (SSSR count). The van der Waals surface area contributed by atoms with E-state index in [1.54, 1.807) is 0 Å². The van der Waals surface area contributed by atoms with Crippen LogP contribution in [0.1, 0.15) is 18.4 Å². The number of nitrogens with one attached hydrogen (secondary N) is 1. The zero-order valence-electron chi connectivity index (χ0n) is 9.05. The van der Waals surface area contributed by atoms with Gasteiger partial charge in [-0.2, -0.15) is 0 Å². The molecule has 0 amide bonds. The molecule has 86 valence electrons. The molecule has 1 atom stereocenters. The van der Waals surface area contributed by atoms with E-state index in [0.29, 0.717) is 5.92 Å². The van der Waals surface area contributed by atoms with E-state index in [2.05, 4.69) is 39.5 Å². The lowest BCUT2D eigenvalue weighted by Gasteiger charge is -2.19. The maximum atomic E-state index is 6.13. The van der Waals surface area contributed by atoms with E-state index in [1.807, 2.05) is 12.1 Å². The van der Waals surface area contributed by atoms with Gasteiger partial charge in [0, 0.05) is 16.0 Å². The van der Waals surface area contributed by atoms with Gasteiger partial charge in [-0.05, 0) is 49.1 Å². The summed E-state index contributed by atoms with van der Waals surface area (Å²) in [7, 11) is 0. The number of hydrogen-bond donors (Lipinski definition) is 1. The Labute approximate surface area is 110 Å². The molecule has 1 aromatic carbocycles. The quantitative estimate of drug-likeness (QED) is 0.866. The topological polar surface area (TPSA) is 12.0 Å². The highest BCUT2D eigenvalue weighted by atomic mass is 79.9. The lowest BCUT2D eigenvalue weighted by molar-refractivity contribution is 0.439. The fourth-order valence-corrected chi connectivity index (χ4v) is 2.48. The summed E-state index contributed by atoms with van der Waals surface area (Å²) in [6, 6.07) is 5.93. The molecule has 0 saturated carbocycles. The fourth-order valence-electron chi connectivity index (χ4n) is 1.93. The van der Waals surface area contributed by atoms with Crippen molar-refractivity contribution in [1.82, 2.24) is 5.32 Å². The van der Waals surface area contributed by atoms with Gasteiger partial charge in [0.1, 0.15) is 0 Å². The molecule has 1 fully saturated rings. The van der Waals surface area contributed by atoms with Crippen LogP contribution in [-0.2, 0) is 0 Å². The van der Waals surface area contributed by atoms with Gasteiger partial charge in [-0.15, -0.1) is 0 Å². The largest absolute Gasteiger partial charge is 0.316 e. The van der Waals surface area contributed by atoms with Gasteiger partial charge in [-0.25, -0.2) is 0 Å². The molecule has 1 aliphatic rings. The minimum Gasteiger partial charge on any atom is -0.316 e. The predicted molar refractivity (Wildman–Crippen MR) is 73.8 cm³/mol. The van der Waals surface area contributed by atoms with Crippen LogP contribution in [0.2, 0.25) is 5.02 Å². The zero-order valence-corrected chi connectivity index (χ0v) is 11.4. The maximum Gasteiger partial charge on any atom is 0.0479 e. The number of piperidine rings is 1. The first kappa shape index (κ1) is 12.2. The molecule has 0 aromatic heterocycles. The summed E-state index contributed by atoms with van der Waals surface area (Å²) < 4.78 is 1.07. The van der Waals surface area contributed by atoms with Crippen molar-refractivity contribution in [2.75, 3.05) is 13.1 Å². The van der Waals surface area contributed by atoms with Crippen LogP contribution in [-0.4, -0.2) is 13.1 Å². The van der Waals surface area contributed by atoms with E-state index >= 15 is 0 Å². The Morgan fingerprint density at radius 3 is 3.06 bits per heavy atom. The fraction of sp³-hybridized carbons (Fsp3) is 0.385. The molecule has 1 heterocycles. The molecule has 0 aliphatic carbocycles. The summed E-state index contributed by atoms with van der Waals surface area (Å²) in [4.78, 5) is 0. The molecular formula is C13H15BrClN. The van der Waals surface area contributed by atoms with Gasteiger partial charge < -0.3 is 5.32 Å². The summed E-state index contributed by atoms with van der Waals surface area (Å²) >= 11 is 9.58. The Hall–Kier alpha value is -0.310. The Kier molecular flexibility index (Phi) is 4.45. The van der Waals surface area contributed by atoms with Gasteiger partial charge >= 0.3 is 0 Å². The van der Waals surface area contributed by atoms with E-state index in [4.69, 9.17) is 11.6 Å². The molecule has 1 aliphatic heterocycles. The highest BCUT2D eigenvalue weighted by Gasteiger charge is 2.09. The van der Waals surface area contributed by atoms with E-state index in [-0.39, 0.29) is 0 Å². The van der Waals surface area contributed by atoms with Crippen LogP contribution in [0.5, 0.6) is 0 Å². The molecule has 1 saturated heterocycles. The summed E-state index contributed by atoms with van der Waals surface area (Å²) in [5.41, 5.74) is 1.08. The molecule has 1 nitrogen and oxygen atoms in total. The lowest BCUT2D eigenvalue weighted by Crippen LogP contribution is -2.28. The Balaban J connectivity index is 2.07. The van der Waals surface area contributed by atoms with Crippen LogP contribution in [0.4, 0.5) is 0 Å². The molecule has 0 bridgehead atoms. The molecule has 1 N–H and O–H groups in total. The maximum absolute atomic E-state index is 6.13. The minimum atomic E-state index is 0.642. The third-order valence-corrected chi connectivity index (χ3v) is 3.68. The van der Waals surface area contributed by atoms with Crippen molar-refractivity contribution < 1.29 is 0 Å². The molecule has 0 radical (unpaired) electrons. The van der Waals surface area contributed by atoms with Crippen LogP contribution >= 0.6 is 27.5 Å². The first-order valence-corrected chi connectivity index (χ1v) is 6.77. The van der Waals surface area contributed by atoms with Crippen molar-refractivity contribution in [3.05, 3.63) is 39.3 Å². The third-order valence-electron chi connectivity index (χ3n) is 2.84. The highest BCUT2D eigenvalue weighted by Crippen LogP contribution is 2.23. The Morgan fingerprint density at radius 2 is 2.31 bits per heavy atom. The van der Waals surface area contributed by atoms with E-state index in [0.717, 1.165) is 28.1 Å². The SMILES string of the molecule is Clc1ccc(Br)cc1/C=C/C1CCCNC1. The van der Waals surface area contributed by atoms with Gasteiger partial charge in [0.05, 0.1) is 0 Å². The number of rotatable bonds is 2. The Bertz CT molecular complexity index is 384. The normalized spacial score (nSPS) is 21.5. The van der Waals surface area contributed by atoms with Crippen molar-refractivity contribution in [3.8, 4) is 0 Å². The summed E-state index contributed by atoms with van der Waals surface area (Å²) in [5.74, 6) is 0.642. The molecular weight excluding hydrogens is 286 g/mol. The van der Waals surface area contributed by atoms with Crippen LogP contribution in [0.15, 0.2) is 28.7 Å². The van der Waals surface area contributed by atoms with Gasteiger partial charge in [-0.3, -0.25) is 0 Å². The molecule has 16 heavy (non-hydrogen) atoms. The highest BCUT2D eigenvalue weighted by molar-refractivity contribution is 9.10. The van der Waals surface area contributed by atoms with E-state index in [9.17, 15) is 0 Å². The summed E-state index contributed by atoms with van der Waals surface area (Å²) in [6.07, 6.45) is 6.93. The van der Waals surface area contributed by atoms with Gasteiger partial charge in [0.25, 0.3) is 0 Å². The monoisotopic (exact) mass is 299 g/mol. The van der Waals surface area contributed by atoms with Gasteiger partial charge in [0.15, 0.2) is 0 Å². The second-order valence-corrected chi connectivity index (χ2v) is 5.45. The first-order chi connectivity index (χ1) is 7.75. The number of hydrogen-bond acceptors (Lipinski definition) is 1. The van der Waals surface area contributed by atoms with Crippen LogP contribution in [0, 0.1) is 5.92 Å². The number of benzene rings is 1. The van der Waals surface area contributed by atoms with Crippen molar-refractivity contribution in [1.29, 1.82) is 0 Å². The van der Waals surface area contributed by atoms with Crippen molar-refractivity contribution in [2.45, 2.75) is 12.8 Å². The van der Waals surface area contributed by atoms with Crippen LogP contribution in [0.25, 0.3) is 6.08 Å². The second kappa shape index (κ2) is 5.85. The van der Waals surface area contributed by atoms with Crippen LogP contribution < -0.4 is 5.32 Å². The average Bonchev–Trinajstić information content (AvgIpc) is 2.32. The average molecular weight is 301 g/mol. The van der Waals surface area contributed by atoms with Gasteiger partial charge in [0.2, 0.25) is 0 Å². The van der Waals surface area contributed by atoms with Crippen molar-refractivity contribution in [2.24, 2.45) is 5.92 Å². The molecule has 1 unspecified atom stereocenters. The lowest BCUT2D eigenvalue weighted by atomic mass is 9.98.